The number of hydrogen-bond donors (Lipinski definition) is 3. The molecule has 0 radical (unpaired) electrons. The minimum atomic E-state index is -4.12. The number of esters is 1. The van der Waals surface area contributed by atoms with Gasteiger partial charge in [-0.25, -0.2) is 8.42 Å². The maximum Gasteiger partial charge on any atom is 0.327 e. The van der Waals surface area contributed by atoms with Crippen LogP contribution < -0.4 is 10.0 Å². The molecule has 0 aliphatic rings. The number of aliphatic hydroxyl groups is 1. The first-order chi connectivity index (χ1) is 12.1. The molecule has 8 nitrogen and oxygen atoms in total. The van der Waals surface area contributed by atoms with Gasteiger partial charge in [-0.15, -0.1) is 6.58 Å². The van der Waals surface area contributed by atoms with Crippen LogP contribution in [0.5, 0.6) is 0 Å². The number of rotatable bonds is 9. The first-order valence-electron chi connectivity index (χ1n) is 7.63. The van der Waals surface area contributed by atoms with Gasteiger partial charge in [0.05, 0.1) is 11.0 Å². The Bertz CT molecular complexity index is 749. The molecule has 0 saturated carbocycles. The quantitative estimate of drug-likeness (QED) is 0.409. The average Bonchev–Trinajstić information content (AvgIpc) is 2.57. The maximum atomic E-state index is 12.4. The van der Waals surface area contributed by atoms with Gasteiger partial charge in [0.2, 0.25) is 10.0 Å². The van der Waals surface area contributed by atoms with Crippen molar-refractivity contribution in [3.63, 3.8) is 0 Å². The molecule has 3 N–H and O–H groups in total. The number of amides is 1. The SMILES string of the molecule is C=CCNC(=O)[C@H](C)OC(=O)[C@H](NS(=O)(=O)c1ccc(Cl)cc1)[C@@H](C)O. The Balaban J connectivity index is 2.87. The van der Waals surface area contributed by atoms with Gasteiger partial charge >= 0.3 is 5.97 Å². The highest BCUT2D eigenvalue weighted by Crippen LogP contribution is 2.15. The van der Waals surface area contributed by atoms with Gasteiger partial charge in [-0.05, 0) is 38.1 Å². The molecule has 0 aliphatic carbocycles. The van der Waals surface area contributed by atoms with Gasteiger partial charge in [-0.2, -0.15) is 4.72 Å². The van der Waals surface area contributed by atoms with Crippen LogP contribution in [0.2, 0.25) is 5.02 Å². The summed E-state index contributed by atoms with van der Waals surface area (Å²) in [6.07, 6.45) is -1.12. The van der Waals surface area contributed by atoms with Gasteiger partial charge < -0.3 is 15.2 Å². The second-order valence-corrected chi connectivity index (χ2v) is 7.56. The van der Waals surface area contributed by atoms with E-state index in [9.17, 15) is 23.1 Å². The molecule has 1 amide bonds. The van der Waals surface area contributed by atoms with E-state index < -0.39 is 40.1 Å². The van der Waals surface area contributed by atoms with Crippen molar-refractivity contribution >= 4 is 33.5 Å². The predicted octanol–water partition coefficient (Wildman–Crippen LogP) is 0.602. The van der Waals surface area contributed by atoms with Crippen LogP contribution in [0, 0.1) is 0 Å². The van der Waals surface area contributed by atoms with Crippen LogP contribution in [-0.2, 0) is 24.3 Å². The molecule has 10 heteroatoms. The molecule has 0 fully saturated rings. The Morgan fingerprint density at radius 3 is 2.38 bits per heavy atom. The molecule has 0 aliphatic heterocycles. The third-order valence-electron chi connectivity index (χ3n) is 3.23. The van der Waals surface area contributed by atoms with Gasteiger partial charge in [-0.1, -0.05) is 17.7 Å². The molecule has 3 atom stereocenters. The van der Waals surface area contributed by atoms with E-state index in [1.807, 2.05) is 0 Å². The Morgan fingerprint density at radius 1 is 1.31 bits per heavy atom. The second kappa shape index (κ2) is 9.67. The topological polar surface area (TPSA) is 122 Å². The molecule has 0 heterocycles. The third-order valence-corrected chi connectivity index (χ3v) is 4.93. The summed E-state index contributed by atoms with van der Waals surface area (Å²) < 4.78 is 31.7. The van der Waals surface area contributed by atoms with Crippen LogP contribution in [0.3, 0.4) is 0 Å². The van der Waals surface area contributed by atoms with Crippen LogP contribution in [-0.4, -0.2) is 50.2 Å². The fraction of sp³-hybridized carbons (Fsp3) is 0.375. The van der Waals surface area contributed by atoms with Crippen molar-refractivity contribution in [1.29, 1.82) is 0 Å². The number of carbonyl (C=O) groups is 2. The summed E-state index contributed by atoms with van der Waals surface area (Å²) in [5.41, 5.74) is 0. The fourth-order valence-electron chi connectivity index (χ4n) is 1.81. The zero-order chi connectivity index (χ0) is 19.9. The zero-order valence-corrected chi connectivity index (χ0v) is 15.9. The number of benzene rings is 1. The molecule has 144 valence electrons. The lowest BCUT2D eigenvalue weighted by Gasteiger charge is -2.22. The first-order valence-corrected chi connectivity index (χ1v) is 9.49. The van der Waals surface area contributed by atoms with Gasteiger partial charge in [-0.3, -0.25) is 9.59 Å². The van der Waals surface area contributed by atoms with Gasteiger partial charge in [0.15, 0.2) is 6.10 Å². The second-order valence-electron chi connectivity index (χ2n) is 5.41. The average molecular weight is 405 g/mol. The molecule has 0 saturated heterocycles. The lowest BCUT2D eigenvalue weighted by atomic mass is 10.2. The summed E-state index contributed by atoms with van der Waals surface area (Å²) in [7, 11) is -4.12. The van der Waals surface area contributed by atoms with E-state index in [1.165, 1.54) is 44.2 Å². The van der Waals surface area contributed by atoms with Crippen molar-refractivity contribution in [1.82, 2.24) is 10.0 Å². The highest BCUT2D eigenvalue weighted by atomic mass is 35.5. The standard InChI is InChI=1S/C16H21ClN2O6S/c1-4-9-18-15(21)11(3)25-16(22)14(10(2)20)19-26(23,24)13-7-5-12(17)6-8-13/h4-8,10-11,14,19-20H,1,9H2,2-3H3,(H,18,21)/t10-,11+,14-/m1/s1. The van der Waals surface area contributed by atoms with E-state index in [-0.39, 0.29) is 11.4 Å². The van der Waals surface area contributed by atoms with Crippen LogP contribution >= 0.6 is 11.6 Å². The number of ether oxygens (including phenoxy) is 1. The lowest BCUT2D eigenvalue weighted by molar-refractivity contribution is -0.158. The Labute approximate surface area is 157 Å². The van der Waals surface area contributed by atoms with E-state index in [0.717, 1.165) is 0 Å². The van der Waals surface area contributed by atoms with Crippen molar-refractivity contribution in [2.45, 2.75) is 37.0 Å². The molecule has 0 aromatic heterocycles. The van der Waals surface area contributed by atoms with E-state index >= 15 is 0 Å². The molecule has 1 aromatic carbocycles. The van der Waals surface area contributed by atoms with Crippen LogP contribution in [0.1, 0.15) is 13.8 Å². The molecular weight excluding hydrogens is 384 g/mol. The molecular formula is C16H21ClN2O6S. The van der Waals surface area contributed by atoms with Gasteiger partial charge in [0, 0.05) is 11.6 Å². The number of aliphatic hydroxyl groups excluding tert-OH is 1. The van der Waals surface area contributed by atoms with Crippen molar-refractivity contribution in [3.8, 4) is 0 Å². The van der Waals surface area contributed by atoms with Crippen LogP contribution in [0.4, 0.5) is 0 Å². The Kier molecular flexibility index (Phi) is 8.22. The summed E-state index contributed by atoms with van der Waals surface area (Å²) in [5.74, 6) is -1.66. The highest BCUT2D eigenvalue weighted by Gasteiger charge is 2.32. The van der Waals surface area contributed by atoms with Gasteiger partial charge in [0.25, 0.3) is 5.91 Å². The minimum absolute atomic E-state index is 0.142. The van der Waals surface area contributed by atoms with Crippen molar-refractivity contribution in [2.75, 3.05) is 6.54 Å². The normalized spacial score (nSPS) is 14.8. The van der Waals surface area contributed by atoms with E-state index in [4.69, 9.17) is 16.3 Å². The van der Waals surface area contributed by atoms with E-state index in [1.54, 1.807) is 0 Å². The van der Waals surface area contributed by atoms with Crippen molar-refractivity contribution in [3.05, 3.63) is 41.9 Å². The Morgan fingerprint density at radius 2 is 1.88 bits per heavy atom. The van der Waals surface area contributed by atoms with Crippen molar-refractivity contribution < 1.29 is 27.9 Å². The fourth-order valence-corrected chi connectivity index (χ4v) is 3.19. The number of halogens is 1. The molecule has 0 unspecified atom stereocenters. The molecule has 0 spiro atoms. The molecule has 26 heavy (non-hydrogen) atoms. The summed E-state index contributed by atoms with van der Waals surface area (Å²) in [6.45, 7) is 6.17. The zero-order valence-electron chi connectivity index (χ0n) is 14.3. The first kappa shape index (κ1) is 22.1. The minimum Gasteiger partial charge on any atom is -0.451 e. The maximum absolute atomic E-state index is 12.4. The number of sulfonamides is 1. The highest BCUT2D eigenvalue weighted by molar-refractivity contribution is 7.89. The van der Waals surface area contributed by atoms with E-state index in [0.29, 0.717) is 5.02 Å². The lowest BCUT2D eigenvalue weighted by Crippen LogP contribution is -2.50. The molecule has 0 bridgehead atoms. The largest absolute Gasteiger partial charge is 0.451 e. The number of carbonyl (C=O) groups excluding carboxylic acids is 2. The number of nitrogens with one attached hydrogen (secondary N) is 2. The summed E-state index contributed by atoms with van der Waals surface area (Å²) in [4.78, 5) is 23.8. The summed E-state index contributed by atoms with van der Waals surface area (Å²) >= 11 is 5.72. The van der Waals surface area contributed by atoms with Crippen molar-refractivity contribution in [2.24, 2.45) is 0 Å². The third kappa shape index (κ3) is 6.41. The monoisotopic (exact) mass is 404 g/mol. The van der Waals surface area contributed by atoms with Gasteiger partial charge in [0.1, 0.15) is 6.04 Å². The van der Waals surface area contributed by atoms with Crippen LogP contribution in [0.25, 0.3) is 0 Å². The molecule has 1 aromatic rings. The molecule has 1 rings (SSSR count). The smallest absolute Gasteiger partial charge is 0.327 e. The predicted molar refractivity (Wildman–Crippen MR) is 96.0 cm³/mol. The summed E-state index contributed by atoms with van der Waals surface area (Å²) in [5, 5.41) is 12.5. The number of hydrogen-bond acceptors (Lipinski definition) is 6. The Hall–Kier alpha value is -1.94. The van der Waals surface area contributed by atoms with Crippen LogP contribution in [0.15, 0.2) is 41.8 Å². The summed E-state index contributed by atoms with van der Waals surface area (Å²) in [6, 6.07) is 3.65. The van der Waals surface area contributed by atoms with E-state index in [2.05, 4.69) is 16.6 Å².